The second kappa shape index (κ2) is 20.1. The number of rotatable bonds is 10. The standard InChI is InChI=1S/C12H14BrNO4.C9H12BrNO2.C3H4O3/c1-3-18-12-9(5-4-6-10(12)13)7-14(16)8-11(15)17-2;1-2-13-9-7(6-11-12)4-3-5-8(9)10;1-6-3(5)2-4/h4-6,8H,3,7H2,1-2H3;3-5,11-12H,2,6H2,1H3;2H,1H3/b14-8-;;. The van der Waals surface area contributed by atoms with Crippen molar-refractivity contribution in [2.75, 3.05) is 27.4 Å². The van der Waals surface area contributed by atoms with Crippen LogP contribution >= 0.6 is 31.9 Å². The molecule has 2 N–H and O–H groups in total. The number of aldehydes is 1. The van der Waals surface area contributed by atoms with Crippen LogP contribution in [0.5, 0.6) is 11.5 Å². The zero-order chi connectivity index (χ0) is 28.2. The number of methoxy groups -OCH3 is 2. The van der Waals surface area contributed by atoms with Crippen LogP contribution in [0.2, 0.25) is 0 Å². The molecule has 0 heterocycles. The number of carbonyl (C=O) groups excluding carboxylic acids is 3. The fraction of sp³-hybridized carbons (Fsp3) is 0.333. The molecule has 0 spiro atoms. The van der Waals surface area contributed by atoms with Crippen LogP contribution in [-0.2, 0) is 36.9 Å². The summed E-state index contributed by atoms with van der Waals surface area (Å²) in [5, 5.41) is 20.1. The minimum atomic E-state index is -0.838. The molecular formula is C24H30Br2N2O9. The average Bonchev–Trinajstić information content (AvgIpc) is 2.88. The van der Waals surface area contributed by atoms with Gasteiger partial charge < -0.3 is 29.4 Å². The van der Waals surface area contributed by atoms with E-state index in [0.29, 0.717) is 35.8 Å². The molecular weight excluding hydrogens is 620 g/mol. The Kier molecular flexibility index (Phi) is 18.5. The van der Waals surface area contributed by atoms with Gasteiger partial charge in [-0.3, -0.25) is 4.79 Å². The quantitative estimate of drug-likeness (QED) is 0.0741. The van der Waals surface area contributed by atoms with E-state index in [2.05, 4.69) is 46.8 Å². The van der Waals surface area contributed by atoms with Gasteiger partial charge in [0.25, 0.3) is 6.21 Å². The van der Waals surface area contributed by atoms with Crippen molar-refractivity contribution in [3.63, 3.8) is 0 Å². The van der Waals surface area contributed by atoms with E-state index in [1.54, 1.807) is 12.1 Å². The molecule has 0 aromatic heterocycles. The monoisotopic (exact) mass is 648 g/mol. The summed E-state index contributed by atoms with van der Waals surface area (Å²) in [5.41, 5.74) is 3.73. The van der Waals surface area contributed by atoms with Gasteiger partial charge >= 0.3 is 11.9 Å². The van der Waals surface area contributed by atoms with Crippen molar-refractivity contribution in [1.82, 2.24) is 5.48 Å². The number of para-hydroxylation sites is 2. The predicted molar refractivity (Wildman–Crippen MR) is 143 cm³/mol. The molecule has 2 aromatic carbocycles. The molecule has 0 bridgehead atoms. The summed E-state index contributed by atoms with van der Waals surface area (Å²) >= 11 is 6.74. The van der Waals surface area contributed by atoms with Crippen LogP contribution in [0.25, 0.3) is 0 Å². The van der Waals surface area contributed by atoms with Gasteiger partial charge in [0.2, 0.25) is 6.29 Å². The molecule has 0 radical (unpaired) electrons. The van der Waals surface area contributed by atoms with E-state index < -0.39 is 11.9 Å². The van der Waals surface area contributed by atoms with Gasteiger partial charge in [0.15, 0.2) is 6.54 Å². The van der Waals surface area contributed by atoms with E-state index in [1.807, 2.05) is 38.1 Å². The van der Waals surface area contributed by atoms with Crippen LogP contribution < -0.4 is 15.0 Å². The van der Waals surface area contributed by atoms with Gasteiger partial charge in [-0.1, -0.05) is 18.2 Å². The number of carbonyl (C=O) groups is 3. The van der Waals surface area contributed by atoms with E-state index in [4.69, 9.17) is 14.7 Å². The number of hydrogen-bond donors (Lipinski definition) is 2. The third-order valence-corrected chi connectivity index (χ3v) is 5.27. The Labute approximate surface area is 232 Å². The van der Waals surface area contributed by atoms with Crippen molar-refractivity contribution in [2.45, 2.75) is 26.9 Å². The number of hydrogen-bond acceptors (Lipinski definition) is 10. The summed E-state index contributed by atoms with van der Waals surface area (Å²) in [6.07, 6.45) is 0.969. The SMILES string of the molecule is CCOc1c(Br)cccc1C/[N+]([O-])=C/C(=O)OC.CCOc1c(Br)cccc1CNO.COC(=O)C=O. The zero-order valence-electron chi connectivity index (χ0n) is 20.9. The number of halogens is 2. The third-order valence-electron chi connectivity index (χ3n) is 4.02. The van der Waals surface area contributed by atoms with E-state index in [0.717, 1.165) is 33.6 Å². The maximum absolute atomic E-state index is 11.5. The van der Waals surface area contributed by atoms with Gasteiger partial charge in [-0.05, 0) is 63.9 Å². The molecule has 0 saturated heterocycles. The van der Waals surface area contributed by atoms with Crippen molar-refractivity contribution in [3.8, 4) is 11.5 Å². The largest absolute Gasteiger partial charge is 0.623 e. The topological polar surface area (TPSA) is 146 Å². The Hall–Kier alpha value is -3.00. The van der Waals surface area contributed by atoms with Gasteiger partial charge in [-0.2, -0.15) is 0 Å². The molecule has 0 aliphatic heterocycles. The molecule has 0 unspecified atom stereocenters. The predicted octanol–water partition coefficient (Wildman–Crippen LogP) is 3.79. The Balaban J connectivity index is 0.000000594. The minimum absolute atomic E-state index is 0.0177. The maximum atomic E-state index is 11.5. The van der Waals surface area contributed by atoms with Crippen LogP contribution in [0, 0.1) is 5.21 Å². The number of nitrogens with zero attached hydrogens (tertiary/aromatic N) is 1. The molecule has 11 nitrogen and oxygen atoms in total. The highest BCUT2D eigenvalue weighted by Crippen LogP contribution is 2.30. The van der Waals surface area contributed by atoms with Crippen LogP contribution in [0.4, 0.5) is 0 Å². The molecule has 204 valence electrons. The lowest BCUT2D eigenvalue weighted by molar-refractivity contribution is -0.469. The lowest BCUT2D eigenvalue weighted by Crippen LogP contribution is -2.14. The minimum Gasteiger partial charge on any atom is -0.623 e. The Morgan fingerprint density at radius 3 is 1.84 bits per heavy atom. The highest BCUT2D eigenvalue weighted by Gasteiger charge is 2.12. The molecule has 2 rings (SSSR count). The Morgan fingerprint density at radius 1 is 0.946 bits per heavy atom. The molecule has 0 atom stereocenters. The Bertz CT molecular complexity index is 1030. The van der Waals surface area contributed by atoms with Crippen LogP contribution in [0.15, 0.2) is 45.3 Å². The lowest BCUT2D eigenvalue weighted by Gasteiger charge is -2.11. The molecule has 0 aliphatic rings. The van der Waals surface area contributed by atoms with Crippen molar-refractivity contribution in [1.29, 1.82) is 0 Å². The van der Waals surface area contributed by atoms with Crippen LogP contribution in [0.3, 0.4) is 0 Å². The molecule has 0 fully saturated rings. The normalized spacial score (nSPS) is 10.1. The zero-order valence-corrected chi connectivity index (χ0v) is 24.0. The van der Waals surface area contributed by atoms with Crippen LogP contribution in [-0.4, -0.2) is 61.8 Å². The van der Waals surface area contributed by atoms with Gasteiger partial charge in [-0.25, -0.2) is 19.8 Å². The third kappa shape index (κ3) is 13.8. The summed E-state index contributed by atoms with van der Waals surface area (Å²) in [7, 11) is 2.37. The smallest absolute Gasteiger partial charge is 0.396 e. The van der Waals surface area contributed by atoms with E-state index in [-0.39, 0.29) is 12.8 Å². The first kappa shape index (κ1) is 34.0. The average molecular weight is 650 g/mol. The molecule has 2 aromatic rings. The first-order chi connectivity index (χ1) is 17.7. The number of ether oxygens (including phenoxy) is 4. The summed E-state index contributed by atoms with van der Waals surface area (Å²) in [6, 6.07) is 11.1. The number of benzene rings is 2. The highest BCUT2D eigenvalue weighted by atomic mass is 79.9. The van der Waals surface area contributed by atoms with E-state index >= 15 is 0 Å². The van der Waals surface area contributed by atoms with Crippen molar-refractivity contribution >= 4 is 56.3 Å². The van der Waals surface area contributed by atoms with Crippen LogP contribution in [0.1, 0.15) is 25.0 Å². The van der Waals surface area contributed by atoms with Gasteiger partial charge in [-0.15, -0.1) is 0 Å². The van der Waals surface area contributed by atoms with Gasteiger partial charge in [0.1, 0.15) is 11.5 Å². The van der Waals surface area contributed by atoms with Gasteiger partial charge in [0, 0.05) is 12.1 Å². The fourth-order valence-corrected chi connectivity index (χ4v) is 3.54. The number of hydroxylamine groups is 2. The first-order valence-corrected chi connectivity index (χ1v) is 12.3. The molecule has 13 heteroatoms. The highest BCUT2D eigenvalue weighted by molar-refractivity contribution is 9.10. The van der Waals surface area contributed by atoms with Crippen molar-refractivity contribution in [3.05, 3.63) is 61.7 Å². The molecule has 0 saturated carbocycles. The van der Waals surface area contributed by atoms with Gasteiger partial charge in [0.05, 0.1) is 41.9 Å². The van der Waals surface area contributed by atoms with E-state index in [1.165, 1.54) is 7.11 Å². The summed E-state index contributed by atoms with van der Waals surface area (Å²) in [4.78, 5) is 29.8. The lowest BCUT2D eigenvalue weighted by atomic mass is 10.2. The number of nitrogens with one attached hydrogen (secondary N) is 1. The Morgan fingerprint density at radius 2 is 1.43 bits per heavy atom. The summed E-state index contributed by atoms with van der Waals surface area (Å²) < 4.78 is 21.3. The summed E-state index contributed by atoms with van der Waals surface area (Å²) in [6.45, 7) is 5.29. The maximum Gasteiger partial charge on any atom is 0.396 e. The molecule has 0 amide bonds. The number of esters is 2. The first-order valence-electron chi connectivity index (χ1n) is 10.8. The fourth-order valence-electron chi connectivity index (χ4n) is 2.50. The molecule has 37 heavy (non-hydrogen) atoms. The van der Waals surface area contributed by atoms with Crippen molar-refractivity contribution < 1.29 is 43.3 Å². The molecule has 0 aliphatic carbocycles. The summed E-state index contributed by atoms with van der Waals surface area (Å²) in [5.74, 6) is -0.126. The second-order valence-corrected chi connectivity index (χ2v) is 8.23. The van der Waals surface area contributed by atoms with Crippen molar-refractivity contribution in [2.24, 2.45) is 0 Å². The second-order valence-electron chi connectivity index (χ2n) is 6.53. The van der Waals surface area contributed by atoms with E-state index in [9.17, 15) is 19.6 Å².